The summed E-state index contributed by atoms with van der Waals surface area (Å²) in [6.07, 6.45) is 0.859. The Hall–Kier alpha value is -2.67. The molecule has 0 radical (unpaired) electrons. The summed E-state index contributed by atoms with van der Waals surface area (Å²) in [4.78, 5) is 19.2. The zero-order valence-corrected chi connectivity index (χ0v) is 15.8. The van der Waals surface area contributed by atoms with Gasteiger partial charge in [-0.3, -0.25) is 9.89 Å². The highest BCUT2D eigenvalue weighted by Crippen LogP contribution is 2.34. The molecular weight excluding hydrogens is 363 g/mol. The van der Waals surface area contributed by atoms with Crippen LogP contribution in [0.5, 0.6) is 0 Å². The highest BCUT2D eigenvalue weighted by atomic mass is 32.2. The lowest BCUT2D eigenvalue weighted by atomic mass is 10.1. The number of para-hydroxylation sites is 1. The minimum atomic E-state index is -0.364. The number of hydrogen-bond acceptors (Lipinski definition) is 4. The fourth-order valence-electron chi connectivity index (χ4n) is 3.38. The van der Waals surface area contributed by atoms with Crippen LogP contribution in [0.4, 0.5) is 10.1 Å². The Labute approximate surface area is 161 Å². The molecule has 3 aromatic rings. The van der Waals surface area contributed by atoms with E-state index in [2.05, 4.69) is 28.2 Å². The first kappa shape index (κ1) is 17.7. The molecule has 7 heteroatoms. The van der Waals surface area contributed by atoms with Gasteiger partial charge in [-0.1, -0.05) is 42.1 Å². The molecule has 0 aliphatic carbocycles. The first-order chi connectivity index (χ1) is 13.0. The van der Waals surface area contributed by atoms with E-state index in [0.717, 1.165) is 12.1 Å². The van der Waals surface area contributed by atoms with Gasteiger partial charge in [-0.2, -0.15) is 0 Å². The average Bonchev–Trinajstić information content (AvgIpc) is 3.25. The molecule has 1 aliphatic heterocycles. The highest BCUT2D eigenvalue weighted by Gasteiger charge is 2.33. The fourth-order valence-corrected chi connectivity index (χ4v) is 4.15. The zero-order valence-electron chi connectivity index (χ0n) is 15.0. The van der Waals surface area contributed by atoms with E-state index in [0.29, 0.717) is 16.5 Å². The van der Waals surface area contributed by atoms with Crippen LogP contribution in [0, 0.1) is 5.82 Å². The number of benzene rings is 2. The Morgan fingerprint density at radius 3 is 2.81 bits per heavy atom. The topological polar surface area (TPSA) is 61.9 Å². The van der Waals surface area contributed by atoms with Crippen molar-refractivity contribution in [1.29, 1.82) is 0 Å². The third kappa shape index (κ3) is 3.35. The molecule has 0 spiro atoms. The third-order valence-electron chi connectivity index (χ3n) is 4.67. The van der Waals surface area contributed by atoms with E-state index < -0.39 is 0 Å². The Bertz CT molecular complexity index is 989. The number of hydrogen-bond donors (Lipinski definition) is 1. The van der Waals surface area contributed by atoms with Crippen LogP contribution in [0.1, 0.15) is 19.4 Å². The third-order valence-corrected chi connectivity index (χ3v) is 5.62. The summed E-state index contributed by atoms with van der Waals surface area (Å²) in [5, 5.41) is 6.96. The van der Waals surface area contributed by atoms with Crippen LogP contribution in [0.3, 0.4) is 0 Å². The number of halogens is 1. The Morgan fingerprint density at radius 1 is 1.26 bits per heavy atom. The summed E-state index contributed by atoms with van der Waals surface area (Å²) in [5.74, 6) is 0.0154. The lowest BCUT2D eigenvalue weighted by Crippen LogP contribution is -2.40. The SMILES string of the molecule is C[C@H](Sc1n[nH]c(-c2ccccc2F)n1)C(=O)N1c2ccccc2C[C@@H]1C. The maximum absolute atomic E-state index is 13.9. The second-order valence-electron chi connectivity index (χ2n) is 6.60. The van der Waals surface area contributed by atoms with Crippen molar-refractivity contribution in [2.75, 3.05) is 4.90 Å². The summed E-state index contributed by atoms with van der Waals surface area (Å²) < 4.78 is 13.9. The first-order valence-electron chi connectivity index (χ1n) is 8.79. The maximum Gasteiger partial charge on any atom is 0.240 e. The van der Waals surface area contributed by atoms with Crippen molar-refractivity contribution in [3.63, 3.8) is 0 Å². The van der Waals surface area contributed by atoms with E-state index in [4.69, 9.17) is 0 Å². The monoisotopic (exact) mass is 382 g/mol. The first-order valence-corrected chi connectivity index (χ1v) is 9.67. The van der Waals surface area contributed by atoms with Gasteiger partial charge < -0.3 is 4.90 Å². The molecule has 27 heavy (non-hydrogen) atoms. The number of aromatic amines is 1. The van der Waals surface area contributed by atoms with Gasteiger partial charge in [-0.15, -0.1) is 5.10 Å². The Kier molecular flexibility index (Phi) is 4.70. The highest BCUT2D eigenvalue weighted by molar-refractivity contribution is 8.00. The van der Waals surface area contributed by atoms with Crippen LogP contribution in [0.2, 0.25) is 0 Å². The van der Waals surface area contributed by atoms with E-state index in [-0.39, 0.29) is 23.0 Å². The van der Waals surface area contributed by atoms with E-state index in [1.165, 1.54) is 23.4 Å². The second-order valence-corrected chi connectivity index (χ2v) is 7.90. The van der Waals surface area contributed by atoms with Crippen LogP contribution in [-0.4, -0.2) is 32.4 Å². The van der Waals surface area contributed by atoms with E-state index >= 15 is 0 Å². The number of nitrogens with one attached hydrogen (secondary N) is 1. The number of carbonyl (C=O) groups is 1. The molecule has 1 aliphatic rings. The summed E-state index contributed by atoms with van der Waals surface area (Å²) in [6.45, 7) is 3.90. The second kappa shape index (κ2) is 7.15. The zero-order chi connectivity index (χ0) is 19.0. The Balaban J connectivity index is 1.51. The number of H-pyrrole nitrogens is 1. The van der Waals surface area contributed by atoms with Gasteiger partial charge in [-0.25, -0.2) is 9.37 Å². The molecule has 2 atom stereocenters. The van der Waals surface area contributed by atoms with Crippen molar-refractivity contribution >= 4 is 23.4 Å². The van der Waals surface area contributed by atoms with Crippen LogP contribution >= 0.6 is 11.8 Å². The van der Waals surface area contributed by atoms with Crippen molar-refractivity contribution < 1.29 is 9.18 Å². The normalized spacial score (nSPS) is 17.0. The molecule has 0 fully saturated rings. The predicted molar refractivity (Wildman–Crippen MR) is 104 cm³/mol. The Morgan fingerprint density at radius 2 is 2.00 bits per heavy atom. The van der Waals surface area contributed by atoms with Gasteiger partial charge in [0.25, 0.3) is 0 Å². The van der Waals surface area contributed by atoms with Gasteiger partial charge in [0.05, 0.1) is 10.8 Å². The van der Waals surface area contributed by atoms with Crippen molar-refractivity contribution in [3.05, 3.63) is 59.9 Å². The van der Waals surface area contributed by atoms with Gasteiger partial charge in [0.1, 0.15) is 5.82 Å². The largest absolute Gasteiger partial charge is 0.308 e. The van der Waals surface area contributed by atoms with Gasteiger partial charge in [-0.05, 0) is 44.0 Å². The smallest absolute Gasteiger partial charge is 0.240 e. The van der Waals surface area contributed by atoms with Gasteiger partial charge in [0.2, 0.25) is 11.1 Å². The molecule has 5 nitrogen and oxygen atoms in total. The number of fused-ring (bicyclic) bond motifs is 1. The number of carbonyl (C=O) groups excluding carboxylic acids is 1. The minimum absolute atomic E-state index is 0.0229. The quantitative estimate of drug-likeness (QED) is 0.691. The summed E-state index contributed by atoms with van der Waals surface area (Å²) >= 11 is 1.27. The molecule has 0 bridgehead atoms. The fraction of sp³-hybridized carbons (Fsp3) is 0.250. The molecule has 2 heterocycles. The molecule has 1 amide bonds. The summed E-state index contributed by atoms with van der Waals surface area (Å²) in [7, 11) is 0. The molecule has 0 saturated heterocycles. The van der Waals surface area contributed by atoms with Crippen molar-refractivity contribution in [3.8, 4) is 11.4 Å². The molecule has 1 N–H and O–H groups in total. The lowest BCUT2D eigenvalue weighted by Gasteiger charge is -2.25. The van der Waals surface area contributed by atoms with Gasteiger partial charge >= 0.3 is 0 Å². The average molecular weight is 382 g/mol. The van der Waals surface area contributed by atoms with Crippen LogP contribution < -0.4 is 4.90 Å². The number of nitrogens with zero attached hydrogens (tertiary/aromatic N) is 3. The lowest BCUT2D eigenvalue weighted by molar-refractivity contribution is -0.118. The van der Waals surface area contributed by atoms with Crippen molar-refractivity contribution in [1.82, 2.24) is 15.2 Å². The van der Waals surface area contributed by atoms with E-state index in [9.17, 15) is 9.18 Å². The molecule has 0 saturated carbocycles. The van der Waals surface area contributed by atoms with Gasteiger partial charge in [0.15, 0.2) is 5.82 Å². The van der Waals surface area contributed by atoms with Crippen LogP contribution in [0.25, 0.3) is 11.4 Å². The van der Waals surface area contributed by atoms with Crippen molar-refractivity contribution in [2.45, 2.75) is 36.7 Å². The molecular formula is C20H19FN4OS. The number of aromatic nitrogens is 3. The number of amides is 1. The molecule has 0 unspecified atom stereocenters. The predicted octanol–water partition coefficient (Wildman–Crippen LogP) is 4.07. The van der Waals surface area contributed by atoms with Crippen LogP contribution in [-0.2, 0) is 11.2 Å². The maximum atomic E-state index is 13.9. The van der Waals surface area contributed by atoms with Crippen LogP contribution in [0.15, 0.2) is 53.7 Å². The summed E-state index contributed by atoms with van der Waals surface area (Å²) in [5.41, 5.74) is 2.53. The van der Waals surface area contributed by atoms with Gasteiger partial charge in [0, 0.05) is 11.7 Å². The van der Waals surface area contributed by atoms with Crippen molar-refractivity contribution in [2.24, 2.45) is 0 Å². The van der Waals surface area contributed by atoms with E-state index in [1.807, 2.05) is 30.0 Å². The molecule has 4 rings (SSSR count). The standard InChI is InChI=1S/C20H19FN4OS/c1-12-11-14-7-3-6-10-17(14)25(12)19(26)13(2)27-20-22-18(23-24-20)15-8-4-5-9-16(15)21/h3-10,12-13H,11H2,1-2H3,(H,22,23,24)/t12-,13-/m0/s1. The summed E-state index contributed by atoms with van der Waals surface area (Å²) in [6, 6.07) is 14.5. The number of anilines is 1. The number of rotatable bonds is 4. The minimum Gasteiger partial charge on any atom is -0.308 e. The molecule has 138 valence electrons. The molecule has 2 aromatic carbocycles. The molecule has 1 aromatic heterocycles. The number of thioether (sulfide) groups is 1. The van der Waals surface area contributed by atoms with E-state index in [1.54, 1.807) is 18.2 Å².